The third-order valence-electron chi connectivity index (χ3n) is 3.23. The molecule has 0 spiro atoms. The van der Waals surface area contributed by atoms with Crippen molar-refractivity contribution in [1.82, 2.24) is 0 Å². The first-order valence-corrected chi connectivity index (χ1v) is 8.43. The van der Waals surface area contributed by atoms with Gasteiger partial charge in [0.05, 0.1) is 16.3 Å². The average Bonchev–Trinajstić information content (AvgIpc) is 2.48. The highest BCUT2D eigenvalue weighted by Crippen LogP contribution is 2.41. The molecule has 110 valence electrons. The molecule has 0 saturated carbocycles. The second-order valence-corrected chi connectivity index (χ2v) is 7.28. The van der Waals surface area contributed by atoms with E-state index in [-0.39, 0.29) is 15.5 Å². The molecular weight excluding hydrogens is 371 g/mol. The highest BCUT2D eigenvalue weighted by Gasteiger charge is 2.32. The Morgan fingerprint density at radius 1 is 1.14 bits per heavy atom. The van der Waals surface area contributed by atoms with Gasteiger partial charge in [-0.2, -0.15) is 5.26 Å². The molecule has 0 radical (unpaired) electrons. The van der Waals surface area contributed by atoms with Crippen LogP contribution in [0.1, 0.15) is 0 Å². The summed E-state index contributed by atoms with van der Waals surface area (Å²) in [6.07, 6.45) is 1.21. The first kappa shape index (κ1) is 14.8. The van der Waals surface area contributed by atoms with Gasteiger partial charge in [0.25, 0.3) is 0 Å². The summed E-state index contributed by atoms with van der Waals surface area (Å²) in [5.74, 6) is -0.556. The van der Waals surface area contributed by atoms with Gasteiger partial charge >= 0.3 is 0 Å². The Bertz CT molecular complexity index is 948. The molecule has 1 aliphatic heterocycles. The van der Waals surface area contributed by atoms with Crippen LogP contribution in [0, 0.1) is 17.1 Å². The first-order chi connectivity index (χ1) is 10.4. The lowest BCUT2D eigenvalue weighted by Crippen LogP contribution is -2.21. The van der Waals surface area contributed by atoms with Gasteiger partial charge in [0, 0.05) is 10.7 Å². The van der Waals surface area contributed by atoms with E-state index in [0.717, 1.165) is 12.1 Å². The molecule has 4 nitrogen and oxygen atoms in total. The highest BCUT2D eigenvalue weighted by atomic mass is 79.9. The number of para-hydroxylation sites is 1. The summed E-state index contributed by atoms with van der Waals surface area (Å²) in [4.78, 5) is 1.01. The van der Waals surface area contributed by atoms with Crippen molar-refractivity contribution in [2.45, 2.75) is 4.90 Å². The van der Waals surface area contributed by atoms with Gasteiger partial charge in [0.2, 0.25) is 9.84 Å². The van der Waals surface area contributed by atoms with Crippen LogP contribution in [0.25, 0.3) is 0 Å². The Kier molecular flexibility index (Phi) is 3.51. The number of allylic oxidation sites excluding steroid dienone is 1. The maximum atomic E-state index is 13.6. The molecule has 0 aromatic heterocycles. The first-order valence-electron chi connectivity index (χ1n) is 6.15. The smallest absolute Gasteiger partial charge is 0.220 e. The van der Waals surface area contributed by atoms with E-state index in [2.05, 4.69) is 15.9 Å². The Balaban J connectivity index is 2.35. The van der Waals surface area contributed by atoms with Gasteiger partial charge < -0.3 is 4.90 Å². The van der Waals surface area contributed by atoms with Crippen molar-refractivity contribution in [2.24, 2.45) is 0 Å². The molecule has 0 unspecified atom stereocenters. The fourth-order valence-corrected chi connectivity index (χ4v) is 3.97. The lowest BCUT2D eigenvalue weighted by atomic mass is 10.2. The maximum absolute atomic E-state index is 13.6. The zero-order valence-corrected chi connectivity index (χ0v) is 13.4. The van der Waals surface area contributed by atoms with Gasteiger partial charge in [0.1, 0.15) is 11.9 Å². The van der Waals surface area contributed by atoms with Crippen LogP contribution >= 0.6 is 15.9 Å². The quantitative estimate of drug-likeness (QED) is 0.706. The van der Waals surface area contributed by atoms with Crippen LogP contribution in [0.15, 0.2) is 62.9 Å². The number of anilines is 2. The Morgan fingerprint density at radius 2 is 1.86 bits per heavy atom. The van der Waals surface area contributed by atoms with E-state index in [1.807, 2.05) is 0 Å². The number of nitrogens with zero attached hydrogens (tertiary/aromatic N) is 2. The Morgan fingerprint density at radius 3 is 2.55 bits per heavy atom. The predicted octanol–water partition coefficient (Wildman–Crippen LogP) is 3.88. The van der Waals surface area contributed by atoms with Crippen molar-refractivity contribution in [2.75, 3.05) is 4.90 Å². The topological polar surface area (TPSA) is 61.2 Å². The van der Waals surface area contributed by atoms with Gasteiger partial charge in [-0.1, -0.05) is 12.1 Å². The maximum Gasteiger partial charge on any atom is 0.220 e. The number of nitriles is 1. The molecule has 0 bridgehead atoms. The number of rotatable bonds is 1. The molecule has 22 heavy (non-hydrogen) atoms. The van der Waals surface area contributed by atoms with Crippen molar-refractivity contribution in [3.63, 3.8) is 0 Å². The minimum atomic E-state index is -3.93. The van der Waals surface area contributed by atoms with E-state index in [1.54, 1.807) is 30.3 Å². The number of fused-ring (bicyclic) bond motifs is 1. The summed E-state index contributed by atoms with van der Waals surface area (Å²) < 4.78 is 39.0. The zero-order valence-electron chi connectivity index (χ0n) is 11.0. The van der Waals surface area contributed by atoms with E-state index >= 15 is 0 Å². The standard InChI is InChI=1S/C15H8BrFN2O2S/c16-12-3-1-2-4-13(12)19-9-11(8-18)22(20,21)15-6-5-10(17)7-14(15)19/h1-7,9H. The largest absolute Gasteiger partial charge is 0.313 e. The van der Waals surface area contributed by atoms with Gasteiger partial charge in [0.15, 0.2) is 4.91 Å². The second kappa shape index (κ2) is 5.23. The van der Waals surface area contributed by atoms with Crippen LogP contribution in [-0.4, -0.2) is 8.42 Å². The van der Waals surface area contributed by atoms with E-state index in [4.69, 9.17) is 5.26 Å². The SMILES string of the molecule is N#CC1=CN(c2ccccc2Br)c2cc(F)ccc2S1(=O)=O. The van der Waals surface area contributed by atoms with Gasteiger partial charge in [-0.3, -0.25) is 0 Å². The van der Waals surface area contributed by atoms with E-state index in [9.17, 15) is 12.8 Å². The average molecular weight is 379 g/mol. The van der Waals surface area contributed by atoms with Crippen LogP contribution in [0.3, 0.4) is 0 Å². The van der Waals surface area contributed by atoms with E-state index in [1.165, 1.54) is 17.2 Å². The summed E-state index contributed by atoms with van der Waals surface area (Å²) in [6, 6.07) is 12.1. The molecule has 0 aliphatic carbocycles. The molecule has 7 heteroatoms. The number of hydrogen-bond donors (Lipinski definition) is 0. The van der Waals surface area contributed by atoms with Crippen LogP contribution in [-0.2, 0) is 9.84 Å². The summed E-state index contributed by atoms with van der Waals surface area (Å²) in [6.45, 7) is 0. The minimum absolute atomic E-state index is 0.0938. The third kappa shape index (κ3) is 2.21. The molecule has 0 atom stereocenters. The molecule has 1 aliphatic rings. The number of halogens is 2. The number of hydrogen-bond acceptors (Lipinski definition) is 4. The summed E-state index contributed by atoms with van der Waals surface area (Å²) in [7, 11) is -3.93. The molecule has 1 heterocycles. The van der Waals surface area contributed by atoms with Crippen molar-refractivity contribution >= 4 is 37.1 Å². The van der Waals surface area contributed by atoms with Crippen molar-refractivity contribution < 1.29 is 12.8 Å². The van der Waals surface area contributed by atoms with Crippen LogP contribution in [0.2, 0.25) is 0 Å². The number of sulfone groups is 1. The zero-order chi connectivity index (χ0) is 15.9. The monoisotopic (exact) mass is 378 g/mol. The molecule has 2 aromatic carbocycles. The molecule has 2 aromatic rings. The van der Waals surface area contributed by atoms with Crippen LogP contribution < -0.4 is 4.90 Å². The summed E-state index contributed by atoms with van der Waals surface area (Å²) >= 11 is 3.38. The van der Waals surface area contributed by atoms with Crippen molar-refractivity contribution in [3.05, 3.63) is 63.9 Å². The van der Waals surface area contributed by atoms with Gasteiger partial charge in [-0.05, 0) is 46.3 Å². The van der Waals surface area contributed by atoms with Gasteiger partial charge in [-0.25, -0.2) is 12.8 Å². The molecule has 0 saturated heterocycles. The normalized spacial score (nSPS) is 15.7. The Labute approximate surface area is 135 Å². The molecule has 0 fully saturated rings. The molecule has 3 rings (SSSR count). The lowest BCUT2D eigenvalue weighted by molar-refractivity contribution is 0.600. The van der Waals surface area contributed by atoms with Crippen molar-refractivity contribution in [3.8, 4) is 6.07 Å². The van der Waals surface area contributed by atoms with E-state index in [0.29, 0.717) is 10.2 Å². The molecular formula is C15H8BrFN2O2S. The van der Waals surface area contributed by atoms with Crippen LogP contribution in [0.4, 0.5) is 15.8 Å². The minimum Gasteiger partial charge on any atom is -0.313 e. The summed E-state index contributed by atoms with van der Waals surface area (Å²) in [5.41, 5.74) is 0.780. The number of benzene rings is 2. The predicted molar refractivity (Wildman–Crippen MR) is 83.6 cm³/mol. The Hall–Kier alpha value is -2.17. The van der Waals surface area contributed by atoms with Crippen molar-refractivity contribution in [1.29, 1.82) is 5.26 Å². The fourth-order valence-electron chi connectivity index (χ4n) is 2.22. The summed E-state index contributed by atoms with van der Waals surface area (Å²) in [5, 5.41) is 9.13. The molecule has 0 amide bonds. The van der Waals surface area contributed by atoms with Crippen LogP contribution in [0.5, 0.6) is 0 Å². The fraction of sp³-hybridized carbons (Fsp3) is 0. The third-order valence-corrected chi connectivity index (χ3v) is 5.60. The highest BCUT2D eigenvalue weighted by molar-refractivity contribution is 9.10. The van der Waals surface area contributed by atoms with Gasteiger partial charge in [-0.15, -0.1) is 0 Å². The lowest BCUT2D eigenvalue weighted by Gasteiger charge is -2.28. The van der Waals surface area contributed by atoms with E-state index < -0.39 is 15.7 Å². The molecule has 0 N–H and O–H groups in total. The second-order valence-electron chi connectivity index (χ2n) is 4.54.